The molecule has 2 aliphatic rings. The van der Waals surface area contributed by atoms with Gasteiger partial charge in [-0.05, 0) is 25.0 Å². The van der Waals surface area contributed by atoms with Gasteiger partial charge in [0.1, 0.15) is 6.04 Å². The molecule has 0 spiro atoms. The molecule has 126 valence electrons. The average molecular weight is 330 g/mol. The number of methoxy groups -OCH3 is 1. The molecule has 2 heterocycles. The first-order valence-electron chi connectivity index (χ1n) is 7.87. The summed E-state index contributed by atoms with van der Waals surface area (Å²) in [5.74, 6) is -1.44. The van der Waals surface area contributed by atoms with Crippen LogP contribution in [0.5, 0.6) is 0 Å². The minimum absolute atomic E-state index is 0.00103. The van der Waals surface area contributed by atoms with Crippen molar-refractivity contribution in [2.45, 2.75) is 25.3 Å². The van der Waals surface area contributed by atoms with Gasteiger partial charge in [-0.3, -0.25) is 19.3 Å². The number of rotatable bonds is 4. The molecular weight excluding hydrogens is 312 g/mol. The first kappa shape index (κ1) is 16.2. The maximum atomic E-state index is 12.4. The SMILES string of the molecule is COC(=O)[C@@H]1CCCN1C(=O)CCN1C(=O)c2ccccc2C1=O. The topological polar surface area (TPSA) is 84.0 Å². The van der Waals surface area contributed by atoms with Crippen molar-refractivity contribution in [3.63, 3.8) is 0 Å². The summed E-state index contributed by atoms with van der Waals surface area (Å²) in [4.78, 5) is 51.2. The summed E-state index contributed by atoms with van der Waals surface area (Å²) in [5.41, 5.74) is 0.729. The van der Waals surface area contributed by atoms with Crippen molar-refractivity contribution in [1.29, 1.82) is 0 Å². The smallest absolute Gasteiger partial charge is 0.328 e. The summed E-state index contributed by atoms with van der Waals surface area (Å²) in [6, 6.07) is 6.04. The van der Waals surface area contributed by atoms with Gasteiger partial charge < -0.3 is 9.64 Å². The number of fused-ring (bicyclic) bond motifs is 1. The standard InChI is InChI=1S/C17H18N2O5/c1-24-17(23)13-7-4-9-18(13)14(20)8-10-19-15(21)11-5-2-3-6-12(11)16(19)22/h2-3,5-6,13H,4,7-10H2,1H3/t13-/m0/s1. The van der Waals surface area contributed by atoms with E-state index in [1.165, 1.54) is 12.0 Å². The summed E-state index contributed by atoms with van der Waals surface area (Å²) < 4.78 is 4.72. The van der Waals surface area contributed by atoms with Crippen LogP contribution in [0.15, 0.2) is 24.3 Å². The molecule has 7 nitrogen and oxygen atoms in total. The molecule has 0 aromatic heterocycles. The fraction of sp³-hybridized carbons (Fsp3) is 0.412. The maximum Gasteiger partial charge on any atom is 0.328 e. The van der Waals surface area contributed by atoms with E-state index in [-0.39, 0.29) is 30.7 Å². The van der Waals surface area contributed by atoms with Gasteiger partial charge in [0.2, 0.25) is 5.91 Å². The Labute approximate surface area is 139 Å². The molecule has 0 unspecified atom stereocenters. The lowest BCUT2D eigenvalue weighted by atomic mass is 10.1. The zero-order valence-corrected chi connectivity index (χ0v) is 13.4. The van der Waals surface area contributed by atoms with Gasteiger partial charge in [0.15, 0.2) is 0 Å². The fourth-order valence-electron chi connectivity index (χ4n) is 3.24. The van der Waals surface area contributed by atoms with Crippen LogP contribution in [0.2, 0.25) is 0 Å². The second-order valence-corrected chi connectivity index (χ2v) is 5.83. The number of hydrogen-bond acceptors (Lipinski definition) is 5. The van der Waals surface area contributed by atoms with Gasteiger partial charge in [-0.15, -0.1) is 0 Å². The number of imide groups is 1. The Morgan fingerprint density at radius 2 is 1.79 bits per heavy atom. The molecule has 1 atom stereocenters. The van der Waals surface area contributed by atoms with E-state index in [2.05, 4.69) is 0 Å². The van der Waals surface area contributed by atoms with Gasteiger partial charge in [0.25, 0.3) is 11.8 Å². The molecule has 1 aromatic rings. The van der Waals surface area contributed by atoms with E-state index in [1.807, 2.05) is 0 Å². The lowest BCUT2D eigenvalue weighted by Gasteiger charge is -2.23. The van der Waals surface area contributed by atoms with Crippen LogP contribution in [0.4, 0.5) is 0 Å². The third-order valence-electron chi connectivity index (χ3n) is 4.47. The van der Waals surface area contributed by atoms with Crippen molar-refractivity contribution in [2.75, 3.05) is 20.2 Å². The normalized spacial score (nSPS) is 19.6. The Bertz CT molecular complexity index is 680. The van der Waals surface area contributed by atoms with E-state index in [4.69, 9.17) is 4.74 Å². The predicted octanol–water partition coefficient (Wildman–Crippen LogP) is 0.837. The number of benzene rings is 1. The van der Waals surface area contributed by atoms with Gasteiger partial charge in [0.05, 0.1) is 18.2 Å². The van der Waals surface area contributed by atoms with Crippen LogP contribution in [0.25, 0.3) is 0 Å². The molecule has 0 radical (unpaired) electrons. The van der Waals surface area contributed by atoms with Crippen LogP contribution in [-0.2, 0) is 14.3 Å². The van der Waals surface area contributed by atoms with Crippen molar-refractivity contribution in [1.82, 2.24) is 9.80 Å². The first-order valence-corrected chi connectivity index (χ1v) is 7.87. The highest BCUT2D eigenvalue weighted by Crippen LogP contribution is 2.24. The maximum absolute atomic E-state index is 12.4. The van der Waals surface area contributed by atoms with Crippen LogP contribution in [-0.4, -0.2) is 59.7 Å². The number of ether oxygens (including phenoxy) is 1. The van der Waals surface area contributed by atoms with Crippen molar-refractivity contribution in [3.8, 4) is 0 Å². The minimum Gasteiger partial charge on any atom is -0.467 e. The monoisotopic (exact) mass is 330 g/mol. The number of carbonyl (C=O) groups excluding carboxylic acids is 4. The zero-order chi connectivity index (χ0) is 17.3. The lowest BCUT2D eigenvalue weighted by molar-refractivity contribution is -0.151. The first-order chi connectivity index (χ1) is 11.5. The second kappa shape index (κ2) is 6.43. The number of nitrogens with zero attached hydrogens (tertiary/aromatic N) is 2. The summed E-state index contributed by atoms with van der Waals surface area (Å²) in [6.45, 7) is 0.496. The largest absolute Gasteiger partial charge is 0.467 e. The third kappa shape index (κ3) is 2.66. The van der Waals surface area contributed by atoms with Gasteiger partial charge in [-0.2, -0.15) is 0 Å². The Morgan fingerprint density at radius 3 is 2.38 bits per heavy atom. The van der Waals surface area contributed by atoms with Crippen LogP contribution < -0.4 is 0 Å². The van der Waals surface area contributed by atoms with Crippen LogP contribution in [0.1, 0.15) is 40.0 Å². The zero-order valence-electron chi connectivity index (χ0n) is 13.4. The Hall–Kier alpha value is -2.70. The Kier molecular flexibility index (Phi) is 4.33. The quantitative estimate of drug-likeness (QED) is 0.603. The highest BCUT2D eigenvalue weighted by molar-refractivity contribution is 6.21. The van der Waals surface area contributed by atoms with E-state index < -0.39 is 12.0 Å². The number of amides is 3. The third-order valence-corrected chi connectivity index (χ3v) is 4.47. The van der Waals surface area contributed by atoms with Crippen LogP contribution in [0, 0.1) is 0 Å². The fourth-order valence-corrected chi connectivity index (χ4v) is 3.24. The molecule has 0 saturated carbocycles. The molecular formula is C17H18N2O5. The number of hydrogen-bond donors (Lipinski definition) is 0. The molecule has 0 aliphatic carbocycles. The molecule has 0 N–H and O–H groups in total. The molecule has 1 saturated heterocycles. The van der Waals surface area contributed by atoms with E-state index in [0.29, 0.717) is 24.1 Å². The molecule has 3 rings (SSSR count). The molecule has 3 amide bonds. The van der Waals surface area contributed by atoms with E-state index in [1.54, 1.807) is 24.3 Å². The molecule has 1 fully saturated rings. The van der Waals surface area contributed by atoms with Gasteiger partial charge in [0, 0.05) is 19.5 Å². The van der Waals surface area contributed by atoms with Crippen molar-refractivity contribution in [2.24, 2.45) is 0 Å². The minimum atomic E-state index is -0.565. The highest BCUT2D eigenvalue weighted by Gasteiger charge is 2.37. The van der Waals surface area contributed by atoms with Gasteiger partial charge in [-0.1, -0.05) is 12.1 Å². The van der Waals surface area contributed by atoms with E-state index in [0.717, 1.165) is 11.3 Å². The van der Waals surface area contributed by atoms with Gasteiger partial charge >= 0.3 is 5.97 Å². The number of carbonyl (C=O) groups is 4. The van der Waals surface area contributed by atoms with E-state index in [9.17, 15) is 19.2 Å². The van der Waals surface area contributed by atoms with Crippen LogP contribution in [0.3, 0.4) is 0 Å². The molecule has 24 heavy (non-hydrogen) atoms. The molecule has 7 heteroatoms. The molecule has 1 aromatic carbocycles. The summed E-state index contributed by atoms with van der Waals surface area (Å²) in [6.07, 6.45) is 1.31. The number of esters is 1. The predicted molar refractivity (Wildman–Crippen MR) is 83.2 cm³/mol. The van der Waals surface area contributed by atoms with Crippen LogP contribution >= 0.6 is 0 Å². The second-order valence-electron chi connectivity index (χ2n) is 5.83. The van der Waals surface area contributed by atoms with E-state index >= 15 is 0 Å². The molecule has 0 bridgehead atoms. The summed E-state index contributed by atoms with van der Waals surface area (Å²) in [5, 5.41) is 0. The van der Waals surface area contributed by atoms with Crippen molar-refractivity contribution in [3.05, 3.63) is 35.4 Å². The Morgan fingerprint density at radius 1 is 1.17 bits per heavy atom. The summed E-state index contributed by atoms with van der Waals surface area (Å²) >= 11 is 0. The Balaban J connectivity index is 1.64. The lowest BCUT2D eigenvalue weighted by Crippen LogP contribution is -2.42. The summed E-state index contributed by atoms with van der Waals surface area (Å²) in [7, 11) is 1.29. The highest BCUT2D eigenvalue weighted by atomic mass is 16.5. The molecule has 2 aliphatic heterocycles. The van der Waals surface area contributed by atoms with Crippen molar-refractivity contribution < 1.29 is 23.9 Å². The van der Waals surface area contributed by atoms with Gasteiger partial charge in [-0.25, -0.2) is 4.79 Å². The number of likely N-dealkylation sites (tertiary alicyclic amines) is 1. The van der Waals surface area contributed by atoms with Crippen molar-refractivity contribution >= 4 is 23.7 Å². The average Bonchev–Trinajstić information content (AvgIpc) is 3.18.